The van der Waals surface area contributed by atoms with Crippen LogP contribution in [0, 0.1) is 10.2 Å². The molecular formula is C11H15ClO5S. The minimum atomic E-state index is -4.46. The molecule has 2 rings (SSSR count). The Bertz CT molecular complexity index is 386. The van der Waals surface area contributed by atoms with Gasteiger partial charge in [0.05, 0.1) is 16.3 Å². The topological polar surface area (TPSA) is 98.6 Å². The van der Waals surface area contributed by atoms with Crippen LogP contribution in [-0.2, 0) is 3.74 Å². The highest BCUT2D eigenvalue weighted by molar-refractivity contribution is 8.29. The maximum atomic E-state index is 10.9. The Balaban J connectivity index is 2.29. The van der Waals surface area contributed by atoms with Gasteiger partial charge in [0.25, 0.3) is 0 Å². The van der Waals surface area contributed by atoms with Gasteiger partial charge in [-0.15, -0.1) is 0 Å². The fourth-order valence-corrected chi connectivity index (χ4v) is 6.66. The van der Waals surface area contributed by atoms with Gasteiger partial charge in [0.1, 0.15) is 3.74 Å². The standard InChI is InChI=1S/C11H15ClO5S/c13-10-6-8-18(9-7-10,17-12(14,15)16)11-4-2-1-3-5-11/h1-5,10,13H,6-9H2. The largest absolute Gasteiger partial charge is 0.393 e. The van der Waals surface area contributed by atoms with Crippen LogP contribution in [0.5, 0.6) is 0 Å². The lowest BCUT2D eigenvalue weighted by Crippen LogP contribution is -2.61. The highest BCUT2D eigenvalue weighted by Crippen LogP contribution is 2.61. The molecule has 1 aromatic carbocycles. The molecule has 1 saturated heterocycles. The normalized spacial score (nSPS) is 32.8. The summed E-state index contributed by atoms with van der Waals surface area (Å²) < 4.78 is 37.6. The van der Waals surface area contributed by atoms with Crippen molar-refractivity contribution in [3.63, 3.8) is 0 Å². The van der Waals surface area contributed by atoms with Gasteiger partial charge >= 0.3 is 0 Å². The quantitative estimate of drug-likeness (QED) is 0.758. The Hall–Kier alpha value is -0.340. The van der Waals surface area contributed by atoms with Gasteiger partial charge in [0.2, 0.25) is 0 Å². The molecule has 18 heavy (non-hydrogen) atoms. The van der Waals surface area contributed by atoms with E-state index >= 15 is 0 Å². The molecule has 1 heterocycles. The first-order valence-electron chi connectivity index (χ1n) is 5.55. The number of hydrogen-bond donors (Lipinski definition) is 1. The first-order chi connectivity index (χ1) is 8.41. The van der Waals surface area contributed by atoms with Gasteiger partial charge in [-0.25, -0.2) is 0 Å². The van der Waals surface area contributed by atoms with Crippen LogP contribution in [0.2, 0.25) is 0 Å². The average Bonchev–Trinajstić information content (AvgIpc) is 2.32. The van der Waals surface area contributed by atoms with Crippen LogP contribution in [0.1, 0.15) is 12.8 Å². The molecule has 0 atom stereocenters. The number of hydrogen-bond acceptors (Lipinski definition) is 5. The van der Waals surface area contributed by atoms with E-state index in [9.17, 15) is 19.1 Å². The molecule has 0 aliphatic carbocycles. The van der Waals surface area contributed by atoms with E-state index in [1.165, 1.54) is 0 Å². The minimum Gasteiger partial charge on any atom is -0.393 e. The zero-order chi connectivity index (χ0) is 13.2. The van der Waals surface area contributed by atoms with Gasteiger partial charge in [0, 0.05) is 26.7 Å². The van der Waals surface area contributed by atoms with E-state index in [-0.39, 0.29) is 0 Å². The average molecular weight is 295 g/mol. The lowest BCUT2D eigenvalue weighted by Gasteiger charge is -2.38. The molecule has 1 fully saturated rings. The number of halogens is 1. The summed E-state index contributed by atoms with van der Waals surface area (Å²) in [7, 11) is -6.60. The van der Waals surface area contributed by atoms with Crippen LogP contribution >= 0.6 is 10.3 Å². The van der Waals surface area contributed by atoms with E-state index in [1.807, 2.05) is 6.07 Å². The number of aliphatic hydroxyl groups excluding tert-OH is 1. The molecule has 0 bridgehead atoms. The molecule has 0 spiro atoms. The van der Waals surface area contributed by atoms with Crippen molar-refractivity contribution < 1.29 is 33.1 Å². The van der Waals surface area contributed by atoms with E-state index < -0.39 is 26.7 Å². The monoisotopic (exact) mass is 294 g/mol. The lowest BCUT2D eigenvalue weighted by molar-refractivity contribution is -1.91. The number of rotatable bonds is 3. The Morgan fingerprint density at radius 1 is 1.11 bits per heavy atom. The third-order valence-electron chi connectivity index (χ3n) is 2.93. The molecule has 1 aromatic rings. The fourth-order valence-electron chi connectivity index (χ4n) is 2.05. The van der Waals surface area contributed by atoms with Crippen LogP contribution in [0.25, 0.3) is 0 Å². The van der Waals surface area contributed by atoms with Crippen LogP contribution in [0.4, 0.5) is 0 Å². The summed E-state index contributed by atoms with van der Waals surface area (Å²) in [5.41, 5.74) is 0. The summed E-state index contributed by atoms with van der Waals surface area (Å²) in [6.45, 7) is 0. The SMILES string of the molecule is [O-][Cl+3]([O-])([O-])OS1(c2ccccc2)CCC(O)CC1. The van der Waals surface area contributed by atoms with Gasteiger partial charge < -0.3 is 5.11 Å². The highest BCUT2D eigenvalue weighted by atomic mass is 35.7. The van der Waals surface area contributed by atoms with Gasteiger partial charge in [-0.05, 0) is 25.0 Å². The van der Waals surface area contributed by atoms with Gasteiger partial charge in [-0.1, -0.05) is 18.2 Å². The van der Waals surface area contributed by atoms with Crippen LogP contribution in [0.3, 0.4) is 0 Å². The zero-order valence-corrected chi connectivity index (χ0v) is 11.2. The fraction of sp³-hybridized carbons (Fsp3) is 0.455. The Kier molecular flexibility index (Phi) is 4.18. The molecule has 0 aromatic heterocycles. The number of aliphatic hydroxyl groups is 1. The Labute approximate surface area is 109 Å². The zero-order valence-electron chi connectivity index (χ0n) is 9.66. The van der Waals surface area contributed by atoms with E-state index in [4.69, 9.17) is 3.74 Å². The first-order valence-corrected chi connectivity index (χ1v) is 8.68. The minimum absolute atomic E-state index is 0.395. The van der Waals surface area contributed by atoms with Crippen molar-refractivity contribution >= 4 is 10.3 Å². The molecular weight excluding hydrogens is 280 g/mol. The van der Waals surface area contributed by atoms with E-state index in [0.717, 1.165) is 4.90 Å². The summed E-state index contributed by atoms with van der Waals surface area (Å²) in [6.07, 6.45) is 0.466. The molecule has 5 nitrogen and oxygen atoms in total. The van der Waals surface area contributed by atoms with Crippen molar-refractivity contribution in [1.29, 1.82) is 0 Å². The molecule has 1 aliphatic heterocycles. The van der Waals surface area contributed by atoms with Crippen molar-refractivity contribution in [3.8, 4) is 0 Å². The predicted molar refractivity (Wildman–Crippen MR) is 58.4 cm³/mol. The van der Waals surface area contributed by atoms with Crippen molar-refractivity contribution in [2.24, 2.45) is 0 Å². The van der Waals surface area contributed by atoms with Crippen molar-refractivity contribution in [3.05, 3.63) is 30.3 Å². The van der Waals surface area contributed by atoms with Gasteiger partial charge in [-0.3, -0.25) is 0 Å². The van der Waals surface area contributed by atoms with Crippen LogP contribution < -0.4 is 14.0 Å². The molecule has 0 radical (unpaired) electrons. The number of benzene rings is 1. The lowest BCUT2D eigenvalue weighted by atomic mass is 10.2. The summed E-state index contributed by atoms with van der Waals surface area (Å²) in [5, 5.41) is 9.51. The molecule has 1 N–H and O–H groups in total. The first kappa shape index (κ1) is 14.1. The maximum absolute atomic E-state index is 10.9. The second-order valence-electron chi connectivity index (χ2n) is 4.21. The van der Waals surface area contributed by atoms with E-state index in [1.54, 1.807) is 24.3 Å². The molecule has 0 amide bonds. The summed E-state index contributed by atoms with van der Waals surface area (Å²) in [6, 6.07) is 8.93. The van der Waals surface area contributed by atoms with Gasteiger partial charge in [-0.2, -0.15) is 14.0 Å². The summed E-state index contributed by atoms with van der Waals surface area (Å²) in [4.78, 5) is 0.740. The predicted octanol–water partition coefficient (Wildman–Crippen LogP) is -1.17. The summed E-state index contributed by atoms with van der Waals surface area (Å²) >= 11 is 0. The van der Waals surface area contributed by atoms with Crippen molar-refractivity contribution in [2.75, 3.05) is 11.5 Å². The Morgan fingerprint density at radius 3 is 2.17 bits per heavy atom. The van der Waals surface area contributed by atoms with Crippen molar-refractivity contribution in [1.82, 2.24) is 0 Å². The van der Waals surface area contributed by atoms with Crippen LogP contribution in [-0.4, -0.2) is 22.7 Å². The second kappa shape index (κ2) is 5.34. The third-order valence-corrected chi connectivity index (χ3v) is 7.44. The van der Waals surface area contributed by atoms with E-state index in [2.05, 4.69) is 0 Å². The van der Waals surface area contributed by atoms with Crippen molar-refractivity contribution in [2.45, 2.75) is 23.8 Å². The van der Waals surface area contributed by atoms with Crippen LogP contribution in [0.15, 0.2) is 35.2 Å². The highest BCUT2D eigenvalue weighted by Gasteiger charge is 2.44. The smallest absolute Gasteiger partial charge is 0.126 e. The molecule has 1 aliphatic rings. The summed E-state index contributed by atoms with van der Waals surface area (Å²) in [5.74, 6) is 0.791. The maximum Gasteiger partial charge on any atom is 0.126 e. The molecule has 0 unspecified atom stereocenters. The molecule has 0 saturated carbocycles. The third kappa shape index (κ3) is 3.36. The van der Waals surface area contributed by atoms with E-state index in [0.29, 0.717) is 24.3 Å². The Morgan fingerprint density at radius 2 is 1.67 bits per heavy atom. The molecule has 102 valence electrons. The van der Waals surface area contributed by atoms with Gasteiger partial charge in [0.15, 0.2) is 0 Å². The molecule has 7 heteroatoms. The second-order valence-corrected chi connectivity index (χ2v) is 8.38.